The van der Waals surface area contributed by atoms with E-state index in [9.17, 15) is 9.59 Å². The Morgan fingerprint density at radius 1 is 0.462 bits per heavy atom. The van der Waals surface area contributed by atoms with Crippen LogP contribution in [-0.4, -0.2) is 24.8 Å². The van der Waals surface area contributed by atoms with Gasteiger partial charge in [0.2, 0.25) is 0 Å². The van der Waals surface area contributed by atoms with Gasteiger partial charge in [-0.2, -0.15) is 0 Å². The molecule has 5 aromatic rings. The Labute approximate surface area is 474 Å². The van der Waals surface area contributed by atoms with Crippen molar-refractivity contribution in [3.63, 3.8) is 0 Å². The monoisotopic (exact) mass is 1070 g/mol. The number of ketones is 2. The molecular formula is C72H93NO4S. The van der Waals surface area contributed by atoms with E-state index in [2.05, 4.69) is 95.4 Å². The molecule has 10 rings (SSSR count). The summed E-state index contributed by atoms with van der Waals surface area (Å²) in [5, 5.41) is 3.61. The quantitative estimate of drug-likeness (QED) is 0.0725. The average molecular weight is 1070 g/mol. The fraction of sp³-hybridized carbons (Fsp3) is 0.556. The third kappa shape index (κ3) is 13.5. The van der Waals surface area contributed by atoms with Crippen molar-refractivity contribution < 1.29 is 19.1 Å². The van der Waals surface area contributed by atoms with Gasteiger partial charge in [-0.25, -0.2) is 0 Å². The fourth-order valence-corrected chi connectivity index (χ4v) is 16.3. The summed E-state index contributed by atoms with van der Waals surface area (Å²) in [6, 6.07) is 28.6. The first kappa shape index (κ1) is 56.5. The maximum atomic E-state index is 14.5. The molecule has 0 aromatic heterocycles. The highest BCUT2D eigenvalue weighted by Crippen LogP contribution is 2.46. The molecule has 4 fully saturated rings. The number of anilines is 2. The van der Waals surface area contributed by atoms with Crippen LogP contribution in [0.3, 0.4) is 0 Å². The minimum atomic E-state index is -0.134. The second-order valence-corrected chi connectivity index (χ2v) is 26.5. The summed E-state index contributed by atoms with van der Waals surface area (Å²) in [4.78, 5) is 30.8. The number of hydrogen-bond acceptors (Lipinski definition) is 6. The van der Waals surface area contributed by atoms with E-state index in [1.54, 1.807) is 12.1 Å². The van der Waals surface area contributed by atoms with Crippen molar-refractivity contribution in [1.82, 2.24) is 0 Å². The lowest BCUT2D eigenvalue weighted by atomic mass is 9.69. The molecule has 0 spiro atoms. The lowest BCUT2D eigenvalue weighted by Crippen LogP contribution is -2.27. The van der Waals surface area contributed by atoms with Crippen molar-refractivity contribution in [3.05, 3.63) is 129 Å². The summed E-state index contributed by atoms with van der Waals surface area (Å²) in [5.74, 6) is 8.68. The molecule has 0 bridgehead atoms. The summed E-state index contributed by atoms with van der Waals surface area (Å²) in [6.45, 7) is 14.8. The second-order valence-electron chi connectivity index (χ2n) is 25.4. The van der Waals surface area contributed by atoms with Crippen molar-refractivity contribution in [3.8, 4) is 22.6 Å². The molecule has 0 unspecified atom stereocenters. The highest BCUT2D eigenvalue weighted by Gasteiger charge is 2.36. The van der Waals surface area contributed by atoms with Crippen molar-refractivity contribution >= 4 is 34.7 Å². The van der Waals surface area contributed by atoms with Gasteiger partial charge in [-0.3, -0.25) is 9.59 Å². The van der Waals surface area contributed by atoms with Crippen LogP contribution in [0.1, 0.15) is 222 Å². The molecule has 5 aliphatic rings. The number of fused-ring (bicyclic) bond motifs is 2. The van der Waals surface area contributed by atoms with Gasteiger partial charge < -0.3 is 14.8 Å². The number of rotatable bonds is 21. The Balaban J connectivity index is 0.752. The van der Waals surface area contributed by atoms with Gasteiger partial charge in [0, 0.05) is 32.2 Å². The second kappa shape index (κ2) is 26.6. The number of unbranched alkanes of at least 4 members (excludes halogenated alkanes) is 4. The van der Waals surface area contributed by atoms with Crippen LogP contribution in [0, 0.1) is 75.0 Å². The van der Waals surface area contributed by atoms with Crippen LogP contribution in [0.5, 0.6) is 11.5 Å². The van der Waals surface area contributed by atoms with E-state index in [4.69, 9.17) is 9.47 Å². The zero-order valence-corrected chi connectivity index (χ0v) is 49.4. The Kier molecular flexibility index (Phi) is 19.3. The van der Waals surface area contributed by atoms with Crippen molar-refractivity contribution in [2.75, 3.05) is 18.5 Å². The maximum absolute atomic E-state index is 14.5. The number of ether oxygens (including phenoxy) is 2. The minimum absolute atomic E-state index is 0.121. The van der Waals surface area contributed by atoms with E-state index in [1.165, 1.54) is 183 Å². The summed E-state index contributed by atoms with van der Waals surface area (Å²) in [7, 11) is 0. The van der Waals surface area contributed by atoms with Crippen LogP contribution in [0.25, 0.3) is 11.1 Å². The van der Waals surface area contributed by atoms with Gasteiger partial charge >= 0.3 is 0 Å². The molecule has 0 amide bonds. The highest BCUT2D eigenvalue weighted by atomic mass is 32.2. The minimum Gasteiger partial charge on any atom is -0.493 e. The molecule has 0 aliphatic heterocycles. The number of carbonyl (C=O) groups is 2. The lowest BCUT2D eigenvalue weighted by Gasteiger charge is -2.38. The Bertz CT molecular complexity index is 2770. The number of carbonyl (C=O) groups excluding carboxylic acids is 2. The van der Waals surface area contributed by atoms with E-state index in [0.717, 1.165) is 92.4 Å². The van der Waals surface area contributed by atoms with E-state index < -0.39 is 0 Å². The number of nitrogens with one attached hydrogen (secondary N) is 1. The molecule has 1 N–H and O–H groups in total. The molecule has 0 heterocycles. The molecule has 416 valence electrons. The molecule has 5 aliphatic carbocycles. The fourth-order valence-electron chi connectivity index (χ4n) is 15.3. The first-order chi connectivity index (χ1) is 38.0. The molecule has 5 aromatic carbocycles. The molecular weight excluding hydrogens is 975 g/mol. The van der Waals surface area contributed by atoms with Crippen LogP contribution in [0.15, 0.2) is 94.7 Å². The smallest absolute Gasteiger partial charge is 0.196 e. The number of aryl methyl sites for hydroxylation is 4. The predicted octanol–water partition coefficient (Wildman–Crippen LogP) is 20.4. The maximum Gasteiger partial charge on any atom is 0.196 e. The van der Waals surface area contributed by atoms with Gasteiger partial charge in [0.15, 0.2) is 11.6 Å². The summed E-state index contributed by atoms with van der Waals surface area (Å²) < 4.78 is 13.3. The SMILES string of the molecule is CCCCCC1CCC(C2CCC(COc3c(C)cc(Nc4ccc(Sc5ccc(-c6cc(C)c(OCC7CCC(C8CCC(CCCCC)CC8)CC7)c(C)c6)cc5)c5c4C(=O)c4ccccc4C5=O)cc3C)CC2)CC1. The van der Waals surface area contributed by atoms with E-state index >= 15 is 0 Å². The van der Waals surface area contributed by atoms with Crippen LogP contribution in [-0.2, 0) is 0 Å². The average Bonchev–Trinajstić information content (AvgIpc) is 3.65. The third-order valence-electron chi connectivity index (χ3n) is 19.9. The summed E-state index contributed by atoms with van der Waals surface area (Å²) in [6.07, 6.45) is 33.5. The Morgan fingerprint density at radius 2 is 0.885 bits per heavy atom. The van der Waals surface area contributed by atoms with Crippen molar-refractivity contribution in [2.24, 2.45) is 47.3 Å². The van der Waals surface area contributed by atoms with E-state index in [-0.39, 0.29) is 11.6 Å². The zero-order chi connectivity index (χ0) is 54.1. The number of benzene rings is 5. The van der Waals surface area contributed by atoms with E-state index in [0.29, 0.717) is 39.8 Å². The third-order valence-corrected chi connectivity index (χ3v) is 21.0. The summed E-state index contributed by atoms with van der Waals surface area (Å²) >= 11 is 1.54. The molecule has 0 saturated heterocycles. The summed E-state index contributed by atoms with van der Waals surface area (Å²) in [5.41, 5.74) is 10.1. The molecule has 0 atom stereocenters. The molecule has 5 nitrogen and oxygen atoms in total. The number of hydrogen-bond donors (Lipinski definition) is 1. The zero-order valence-electron chi connectivity index (χ0n) is 48.6. The van der Waals surface area contributed by atoms with Gasteiger partial charge in [0.05, 0.1) is 24.5 Å². The van der Waals surface area contributed by atoms with Gasteiger partial charge in [-0.15, -0.1) is 0 Å². The normalized spacial score (nSPS) is 24.3. The molecule has 4 saturated carbocycles. The van der Waals surface area contributed by atoms with Crippen LogP contribution >= 0.6 is 11.8 Å². The topological polar surface area (TPSA) is 64.6 Å². The predicted molar refractivity (Wildman–Crippen MR) is 325 cm³/mol. The Hall–Kier alpha value is -4.81. The van der Waals surface area contributed by atoms with E-state index in [1.807, 2.05) is 24.3 Å². The molecule has 0 radical (unpaired) electrons. The van der Waals surface area contributed by atoms with Crippen LogP contribution < -0.4 is 14.8 Å². The van der Waals surface area contributed by atoms with Crippen molar-refractivity contribution in [2.45, 2.75) is 205 Å². The van der Waals surface area contributed by atoms with Crippen LogP contribution in [0.2, 0.25) is 0 Å². The lowest BCUT2D eigenvalue weighted by molar-refractivity contribution is 0.0977. The van der Waals surface area contributed by atoms with Crippen LogP contribution in [0.4, 0.5) is 11.4 Å². The first-order valence-electron chi connectivity index (χ1n) is 31.4. The largest absolute Gasteiger partial charge is 0.493 e. The molecule has 78 heavy (non-hydrogen) atoms. The van der Waals surface area contributed by atoms with Gasteiger partial charge in [-0.05, 0) is 234 Å². The molecule has 6 heteroatoms. The Morgan fingerprint density at radius 3 is 1.33 bits per heavy atom. The van der Waals surface area contributed by atoms with Gasteiger partial charge in [-0.1, -0.05) is 139 Å². The van der Waals surface area contributed by atoms with Gasteiger partial charge in [0.25, 0.3) is 0 Å². The highest BCUT2D eigenvalue weighted by molar-refractivity contribution is 7.99. The first-order valence-corrected chi connectivity index (χ1v) is 32.2. The standard InChI is InChI=1S/C72H93NO4S/c1-7-9-11-15-51-19-27-55(28-20-51)57-31-23-53(24-32-57)45-76-71-47(3)41-60(42-48(71)4)59-35-37-62(38-36-59)78-66-40-39-65(67-68(66)70(75)64-18-14-13-17-63(64)69(67)74)73-61-43-49(5)72(50(6)44-61)77-46-54-25-33-58(34-26-54)56-29-21-52(22-30-56)16-12-10-8-2/h13-14,17-18,35-44,51-58,73H,7-12,15-16,19-34,45-46H2,1-6H3. The van der Waals surface area contributed by atoms with Gasteiger partial charge in [0.1, 0.15) is 11.5 Å². The van der Waals surface area contributed by atoms with Crippen molar-refractivity contribution in [1.29, 1.82) is 0 Å².